The first-order chi connectivity index (χ1) is 10.6. The fraction of sp³-hybridized carbons (Fsp3) is 0.438. The second-order valence-electron chi connectivity index (χ2n) is 4.90. The molecule has 0 heterocycles. The summed E-state index contributed by atoms with van der Waals surface area (Å²) in [7, 11) is 0. The molecule has 120 valence electrons. The molecule has 0 spiro atoms. The van der Waals surface area contributed by atoms with E-state index in [-0.39, 0.29) is 6.04 Å². The van der Waals surface area contributed by atoms with Crippen LogP contribution in [0.2, 0.25) is 0 Å². The number of ether oxygens (including phenoxy) is 1. The molecule has 0 aliphatic rings. The van der Waals surface area contributed by atoms with Gasteiger partial charge >= 0.3 is 11.8 Å². The lowest BCUT2D eigenvalue weighted by Gasteiger charge is -2.09. The number of amides is 2. The SMILES string of the molecule is CCCOc1cccc(/C=N\NC(=O)C(=O)N[C@@H](C)CC)c1. The number of benzene rings is 1. The molecular weight excluding hydrogens is 282 g/mol. The van der Waals surface area contributed by atoms with E-state index < -0.39 is 11.8 Å². The molecule has 1 aromatic rings. The smallest absolute Gasteiger partial charge is 0.329 e. The second-order valence-corrected chi connectivity index (χ2v) is 4.90. The normalized spacial score (nSPS) is 12.0. The molecule has 1 atom stereocenters. The molecular formula is C16H23N3O3. The van der Waals surface area contributed by atoms with Crippen LogP contribution in [0.5, 0.6) is 5.75 Å². The maximum absolute atomic E-state index is 11.5. The van der Waals surface area contributed by atoms with Gasteiger partial charge in [-0.3, -0.25) is 9.59 Å². The van der Waals surface area contributed by atoms with Crippen molar-refractivity contribution in [1.29, 1.82) is 0 Å². The molecule has 1 rings (SSSR count). The molecule has 0 radical (unpaired) electrons. The Balaban J connectivity index is 2.51. The molecule has 0 aliphatic heterocycles. The zero-order valence-corrected chi connectivity index (χ0v) is 13.3. The number of hydrogen-bond acceptors (Lipinski definition) is 4. The highest BCUT2D eigenvalue weighted by Crippen LogP contribution is 2.12. The van der Waals surface area contributed by atoms with Crippen molar-refractivity contribution in [3.8, 4) is 5.75 Å². The third kappa shape index (κ3) is 6.39. The summed E-state index contributed by atoms with van der Waals surface area (Å²) in [5.41, 5.74) is 2.97. The first-order valence-electron chi connectivity index (χ1n) is 7.43. The van der Waals surface area contributed by atoms with Gasteiger partial charge in [0, 0.05) is 6.04 Å². The van der Waals surface area contributed by atoms with E-state index in [1.807, 2.05) is 45.0 Å². The topological polar surface area (TPSA) is 79.8 Å². The van der Waals surface area contributed by atoms with Crippen molar-refractivity contribution >= 4 is 18.0 Å². The van der Waals surface area contributed by atoms with E-state index in [9.17, 15) is 9.59 Å². The summed E-state index contributed by atoms with van der Waals surface area (Å²) >= 11 is 0. The van der Waals surface area contributed by atoms with Gasteiger partial charge in [0.2, 0.25) is 0 Å². The minimum atomic E-state index is -0.782. The van der Waals surface area contributed by atoms with Crippen LogP contribution in [0.1, 0.15) is 39.2 Å². The summed E-state index contributed by atoms with van der Waals surface area (Å²) in [6.07, 6.45) is 3.15. The van der Waals surface area contributed by atoms with Gasteiger partial charge in [-0.2, -0.15) is 5.10 Å². The maximum Gasteiger partial charge on any atom is 0.329 e. The minimum Gasteiger partial charge on any atom is -0.494 e. The molecule has 22 heavy (non-hydrogen) atoms. The number of carbonyl (C=O) groups is 2. The summed E-state index contributed by atoms with van der Waals surface area (Å²) in [6.45, 7) is 6.43. The Bertz CT molecular complexity index is 529. The molecule has 2 amide bonds. The van der Waals surface area contributed by atoms with Crippen molar-refractivity contribution in [3.05, 3.63) is 29.8 Å². The van der Waals surface area contributed by atoms with Crippen LogP contribution in [-0.4, -0.2) is 30.7 Å². The average Bonchev–Trinajstić information content (AvgIpc) is 2.53. The van der Waals surface area contributed by atoms with Gasteiger partial charge in [0.05, 0.1) is 12.8 Å². The molecule has 0 fully saturated rings. The lowest BCUT2D eigenvalue weighted by atomic mass is 10.2. The fourth-order valence-electron chi connectivity index (χ4n) is 1.51. The summed E-state index contributed by atoms with van der Waals surface area (Å²) < 4.78 is 5.50. The predicted molar refractivity (Wildman–Crippen MR) is 85.9 cm³/mol. The van der Waals surface area contributed by atoms with Crippen molar-refractivity contribution in [3.63, 3.8) is 0 Å². The van der Waals surface area contributed by atoms with Gasteiger partial charge < -0.3 is 10.1 Å². The van der Waals surface area contributed by atoms with Crippen LogP contribution < -0.4 is 15.5 Å². The number of hydrazone groups is 1. The molecule has 0 saturated heterocycles. The average molecular weight is 305 g/mol. The molecule has 1 aromatic carbocycles. The summed E-state index contributed by atoms with van der Waals surface area (Å²) in [6, 6.07) is 7.28. The van der Waals surface area contributed by atoms with Crippen LogP contribution in [0.25, 0.3) is 0 Å². The van der Waals surface area contributed by atoms with Gasteiger partial charge in [-0.05, 0) is 37.5 Å². The van der Waals surface area contributed by atoms with Crippen molar-refractivity contribution in [2.24, 2.45) is 5.10 Å². The molecule has 0 bridgehead atoms. The number of carbonyl (C=O) groups excluding carboxylic acids is 2. The van der Waals surface area contributed by atoms with Crippen molar-refractivity contribution in [1.82, 2.24) is 10.7 Å². The molecule has 0 aliphatic carbocycles. The monoisotopic (exact) mass is 305 g/mol. The molecule has 6 nitrogen and oxygen atoms in total. The molecule has 0 unspecified atom stereocenters. The zero-order valence-electron chi connectivity index (χ0n) is 13.3. The summed E-state index contributed by atoms with van der Waals surface area (Å²) in [5.74, 6) is -0.729. The Morgan fingerprint density at radius 2 is 2.09 bits per heavy atom. The van der Waals surface area contributed by atoms with E-state index in [1.54, 1.807) is 0 Å². The van der Waals surface area contributed by atoms with Gasteiger partial charge in [-0.15, -0.1) is 0 Å². The Hall–Kier alpha value is -2.37. The number of hydrogen-bond donors (Lipinski definition) is 2. The molecule has 0 aromatic heterocycles. The molecule has 6 heteroatoms. The fourth-order valence-corrected chi connectivity index (χ4v) is 1.51. The highest BCUT2D eigenvalue weighted by Gasteiger charge is 2.14. The first kappa shape index (κ1) is 17.7. The Morgan fingerprint density at radius 1 is 1.32 bits per heavy atom. The van der Waals surface area contributed by atoms with Gasteiger partial charge in [0.15, 0.2) is 0 Å². The van der Waals surface area contributed by atoms with Crippen molar-refractivity contribution in [2.75, 3.05) is 6.61 Å². The largest absolute Gasteiger partial charge is 0.494 e. The van der Waals surface area contributed by atoms with Crippen LogP contribution in [-0.2, 0) is 9.59 Å². The third-order valence-corrected chi connectivity index (χ3v) is 2.91. The Labute approximate surface area is 130 Å². The second kappa shape index (κ2) is 9.55. The number of nitrogens with one attached hydrogen (secondary N) is 2. The van der Waals surface area contributed by atoms with Crippen LogP contribution in [0.4, 0.5) is 0 Å². The van der Waals surface area contributed by atoms with E-state index in [4.69, 9.17) is 4.74 Å². The van der Waals surface area contributed by atoms with Crippen LogP contribution in [0.15, 0.2) is 29.4 Å². The molecule has 2 N–H and O–H groups in total. The van der Waals surface area contributed by atoms with Crippen molar-refractivity contribution in [2.45, 2.75) is 39.7 Å². The van der Waals surface area contributed by atoms with Crippen molar-refractivity contribution < 1.29 is 14.3 Å². The lowest BCUT2D eigenvalue weighted by molar-refractivity contribution is -0.139. The van der Waals surface area contributed by atoms with Crippen LogP contribution in [0.3, 0.4) is 0 Å². The van der Waals surface area contributed by atoms with E-state index >= 15 is 0 Å². The number of nitrogens with zero attached hydrogens (tertiary/aromatic N) is 1. The van der Waals surface area contributed by atoms with E-state index in [2.05, 4.69) is 15.8 Å². The van der Waals surface area contributed by atoms with E-state index in [0.29, 0.717) is 6.61 Å². The zero-order chi connectivity index (χ0) is 16.4. The lowest BCUT2D eigenvalue weighted by Crippen LogP contribution is -2.41. The van der Waals surface area contributed by atoms with Crippen LogP contribution in [0, 0.1) is 0 Å². The summed E-state index contributed by atoms with van der Waals surface area (Å²) in [5, 5.41) is 6.34. The van der Waals surface area contributed by atoms with E-state index in [1.165, 1.54) is 6.21 Å². The standard InChI is InChI=1S/C16H23N3O3/c1-4-9-22-14-8-6-7-13(10-14)11-17-19-16(21)15(20)18-12(3)5-2/h6-8,10-12H,4-5,9H2,1-3H3,(H,18,20)(H,19,21)/b17-11-/t12-/m0/s1. The van der Waals surface area contributed by atoms with Crippen LogP contribution >= 0.6 is 0 Å². The van der Waals surface area contributed by atoms with Gasteiger partial charge in [0.1, 0.15) is 5.75 Å². The minimum absolute atomic E-state index is 0.0466. The number of rotatable bonds is 7. The van der Waals surface area contributed by atoms with Gasteiger partial charge in [0.25, 0.3) is 0 Å². The maximum atomic E-state index is 11.5. The Kier molecular flexibility index (Phi) is 7.67. The third-order valence-electron chi connectivity index (χ3n) is 2.91. The molecule has 0 saturated carbocycles. The first-order valence-corrected chi connectivity index (χ1v) is 7.43. The predicted octanol–water partition coefficient (Wildman–Crippen LogP) is 1.84. The highest BCUT2D eigenvalue weighted by molar-refractivity contribution is 6.35. The summed E-state index contributed by atoms with van der Waals surface area (Å²) in [4.78, 5) is 23.0. The quantitative estimate of drug-likeness (QED) is 0.458. The Morgan fingerprint density at radius 3 is 2.77 bits per heavy atom. The van der Waals surface area contributed by atoms with E-state index in [0.717, 1.165) is 24.2 Å². The highest BCUT2D eigenvalue weighted by atomic mass is 16.5. The van der Waals surface area contributed by atoms with Gasteiger partial charge in [-0.1, -0.05) is 26.0 Å². The van der Waals surface area contributed by atoms with Gasteiger partial charge in [-0.25, -0.2) is 5.43 Å².